The van der Waals surface area contributed by atoms with Crippen LogP contribution in [0.2, 0.25) is 0 Å². The Bertz CT molecular complexity index is 316. The fourth-order valence-electron chi connectivity index (χ4n) is 3.66. The average molecular weight is 400 g/mol. The lowest BCUT2D eigenvalue weighted by atomic mass is 10.1. The van der Waals surface area contributed by atoms with Crippen LogP contribution in [0.3, 0.4) is 0 Å². The molecule has 1 unspecified atom stereocenters. The van der Waals surface area contributed by atoms with E-state index in [0.29, 0.717) is 6.10 Å². The summed E-state index contributed by atoms with van der Waals surface area (Å²) in [5.41, 5.74) is 11.1. The van der Waals surface area contributed by atoms with E-state index in [0.717, 1.165) is 59.0 Å². The van der Waals surface area contributed by atoms with E-state index < -0.39 is 0 Å². The highest BCUT2D eigenvalue weighted by Crippen LogP contribution is 2.18. The topological polar surface area (TPSA) is 83.1 Å². The molecule has 2 fully saturated rings. The number of nitrogens with one attached hydrogen (secondary N) is 1. The summed E-state index contributed by atoms with van der Waals surface area (Å²) in [7, 11) is 0. The molecule has 2 saturated heterocycles. The zero-order valence-electron chi connectivity index (χ0n) is 18.7. The number of nitrogens with two attached hydrogens (primary N) is 2. The second-order valence-electron chi connectivity index (χ2n) is 8.23. The maximum absolute atomic E-state index is 5.56. The molecule has 2 aliphatic heterocycles. The van der Waals surface area contributed by atoms with Gasteiger partial charge in [-0.25, -0.2) is 0 Å². The summed E-state index contributed by atoms with van der Waals surface area (Å²) >= 11 is 0. The predicted molar refractivity (Wildman–Crippen MR) is 121 cm³/mol. The van der Waals surface area contributed by atoms with Crippen LogP contribution in [0, 0.1) is 0 Å². The van der Waals surface area contributed by atoms with Crippen molar-refractivity contribution < 1.29 is 4.74 Å². The van der Waals surface area contributed by atoms with Crippen molar-refractivity contribution in [3.63, 3.8) is 0 Å². The predicted octanol–water partition coefficient (Wildman–Crippen LogP) is 2.03. The SMILES string of the molecule is CCCCCCCCCCC1CO1.NCCN(CCN)CCN1CCNCC1. The zero-order valence-corrected chi connectivity index (χ0v) is 18.7. The van der Waals surface area contributed by atoms with Gasteiger partial charge in [-0.2, -0.15) is 0 Å². The minimum atomic E-state index is 0.653. The highest BCUT2D eigenvalue weighted by molar-refractivity contribution is 4.70. The number of hydrogen-bond donors (Lipinski definition) is 3. The zero-order chi connectivity index (χ0) is 20.3. The lowest BCUT2D eigenvalue weighted by Crippen LogP contribution is -2.47. The van der Waals surface area contributed by atoms with Gasteiger partial charge in [-0.1, -0.05) is 58.3 Å². The van der Waals surface area contributed by atoms with Gasteiger partial charge in [0.15, 0.2) is 0 Å². The Kier molecular flexibility index (Phi) is 17.3. The third kappa shape index (κ3) is 15.7. The molecule has 0 saturated carbocycles. The molecule has 0 amide bonds. The largest absolute Gasteiger partial charge is 0.373 e. The van der Waals surface area contributed by atoms with Crippen LogP contribution in [0.1, 0.15) is 64.7 Å². The van der Waals surface area contributed by atoms with Crippen LogP contribution in [-0.4, -0.2) is 88.0 Å². The molecular weight excluding hydrogens is 350 g/mol. The number of epoxide rings is 1. The molecule has 2 rings (SSSR count). The molecule has 2 heterocycles. The molecule has 0 bridgehead atoms. The van der Waals surface area contributed by atoms with Crippen molar-refractivity contribution in [2.24, 2.45) is 11.5 Å². The molecule has 0 aromatic heterocycles. The molecule has 0 aromatic carbocycles. The van der Waals surface area contributed by atoms with Gasteiger partial charge in [-0.05, 0) is 6.42 Å². The molecule has 5 N–H and O–H groups in total. The van der Waals surface area contributed by atoms with Crippen LogP contribution in [-0.2, 0) is 4.74 Å². The van der Waals surface area contributed by atoms with Crippen LogP contribution in [0.5, 0.6) is 0 Å². The Morgan fingerprint density at radius 2 is 1.46 bits per heavy atom. The van der Waals surface area contributed by atoms with E-state index in [2.05, 4.69) is 22.0 Å². The number of ether oxygens (including phenoxy) is 1. The average Bonchev–Trinajstić information content (AvgIpc) is 3.54. The van der Waals surface area contributed by atoms with Crippen LogP contribution < -0.4 is 16.8 Å². The van der Waals surface area contributed by atoms with E-state index in [-0.39, 0.29) is 0 Å². The molecule has 6 nitrogen and oxygen atoms in total. The quantitative estimate of drug-likeness (QED) is 0.272. The van der Waals surface area contributed by atoms with Crippen molar-refractivity contribution >= 4 is 0 Å². The Hall–Kier alpha value is -0.240. The molecule has 0 aliphatic carbocycles. The third-order valence-corrected chi connectivity index (χ3v) is 5.61. The Balaban J connectivity index is 0.000000283. The number of rotatable bonds is 16. The summed E-state index contributed by atoms with van der Waals surface area (Å²) in [6.07, 6.45) is 13.4. The minimum Gasteiger partial charge on any atom is -0.373 e. The monoisotopic (exact) mass is 399 g/mol. The first-order chi connectivity index (χ1) is 13.8. The van der Waals surface area contributed by atoms with Crippen molar-refractivity contribution in [3.05, 3.63) is 0 Å². The van der Waals surface area contributed by atoms with Gasteiger partial charge in [-0.3, -0.25) is 9.80 Å². The van der Waals surface area contributed by atoms with Gasteiger partial charge >= 0.3 is 0 Å². The van der Waals surface area contributed by atoms with Crippen LogP contribution in [0.4, 0.5) is 0 Å². The molecule has 6 heteroatoms. The van der Waals surface area contributed by atoms with Crippen molar-refractivity contribution in [1.29, 1.82) is 0 Å². The van der Waals surface area contributed by atoms with E-state index in [9.17, 15) is 0 Å². The summed E-state index contributed by atoms with van der Waals surface area (Å²) in [5, 5.41) is 3.36. The van der Waals surface area contributed by atoms with Gasteiger partial charge < -0.3 is 21.5 Å². The molecule has 0 aromatic rings. The minimum absolute atomic E-state index is 0.653. The van der Waals surface area contributed by atoms with E-state index in [1.807, 2.05) is 0 Å². The molecule has 0 spiro atoms. The summed E-state index contributed by atoms with van der Waals surface area (Å²) in [6.45, 7) is 13.5. The molecule has 28 heavy (non-hydrogen) atoms. The lowest BCUT2D eigenvalue weighted by molar-refractivity contribution is 0.193. The van der Waals surface area contributed by atoms with Crippen molar-refractivity contribution in [2.75, 3.05) is 72.1 Å². The molecular formula is C22H49N5O. The van der Waals surface area contributed by atoms with Gasteiger partial charge in [-0.15, -0.1) is 0 Å². The second-order valence-corrected chi connectivity index (χ2v) is 8.23. The standard InChI is InChI=1S/C12H24O.C10H25N5/c1-2-3-4-5-6-7-8-9-10-12-11-13-12;11-1-5-14(6-2-12)9-10-15-7-3-13-4-8-15/h12H,2-11H2,1H3;13H,1-12H2. The number of nitrogens with zero attached hydrogens (tertiary/aromatic N) is 2. The Morgan fingerprint density at radius 3 is 2.00 bits per heavy atom. The number of hydrogen-bond acceptors (Lipinski definition) is 6. The van der Waals surface area contributed by atoms with Crippen molar-refractivity contribution in [3.8, 4) is 0 Å². The lowest BCUT2D eigenvalue weighted by Gasteiger charge is -2.30. The second kappa shape index (κ2) is 18.8. The summed E-state index contributed by atoms with van der Waals surface area (Å²) in [4.78, 5) is 4.85. The first-order valence-electron chi connectivity index (χ1n) is 12.0. The summed E-state index contributed by atoms with van der Waals surface area (Å²) in [5.74, 6) is 0. The van der Waals surface area contributed by atoms with Crippen molar-refractivity contribution in [1.82, 2.24) is 15.1 Å². The molecule has 2 aliphatic rings. The van der Waals surface area contributed by atoms with Gasteiger partial charge in [0.25, 0.3) is 0 Å². The molecule has 168 valence electrons. The fraction of sp³-hybridized carbons (Fsp3) is 1.00. The van der Waals surface area contributed by atoms with Gasteiger partial charge in [0, 0.05) is 65.4 Å². The van der Waals surface area contributed by atoms with E-state index >= 15 is 0 Å². The fourth-order valence-corrected chi connectivity index (χ4v) is 3.66. The van der Waals surface area contributed by atoms with E-state index in [1.54, 1.807) is 0 Å². The maximum atomic E-state index is 5.56. The van der Waals surface area contributed by atoms with E-state index in [1.165, 1.54) is 70.9 Å². The van der Waals surface area contributed by atoms with Crippen LogP contribution in [0.25, 0.3) is 0 Å². The Morgan fingerprint density at radius 1 is 0.893 bits per heavy atom. The molecule has 1 atom stereocenters. The first kappa shape index (κ1) is 25.8. The highest BCUT2D eigenvalue weighted by atomic mass is 16.6. The number of unbranched alkanes of at least 4 members (excludes halogenated alkanes) is 7. The summed E-state index contributed by atoms with van der Waals surface area (Å²) < 4.78 is 5.17. The third-order valence-electron chi connectivity index (χ3n) is 5.61. The van der Waals surface area contributed by atoms with Gasteiger partial charge in [0.1, 0.15) is 0 Å². The van der Waals surface area contributed by atoms with Gasteiger partial charge in [0.05, 0.1) is 12.7 Å². The van der Waals surface area contributed by atoms with Gasteiger partial charge in [0.2, 0.25) is 0 Å². The highest BCUT2D eigenvalue weighted by Gasteiger charge is 2.20. The maximum Gasteiger partial charge on any atom is 0.0810 e. The van der Waals surface area contributed by atoms with Crippen LogP contribution in [0.15, 0.2) is 0 Å². The van der Waals surface area contributed by atoms with Crippen molar-refractivity contribution in [2.45, 2.75) is 70.8 Å². The van der Waals surface area contributed by atoms with Crippen LogP contribution >= 0.6 is 0 Å². The normalized spacial score (nSPS) is 19.5. The summed E-state index contributed by atoms with van der Waals surface area (Å²) in [6, 6.07) is 0. The Labute approximate surface area is 174 Å². The van der Waals surface area contributed by atoms with E-state index in [4.69, 9.17) is 16.2 Å². The first-order valence-corrected chi connectivity index (χ1v) is 12.0. The number of piperazine rings is 1. The smallest absolute Gasteiger partial charge is 0.0810 e. The molecule has 0 radical (unpaired) electrons.